The zero-order valence-corrected chi connectivity index (χ0v) is 11.5. The first kappa shape index (κ1) is 12.0. The van der Waals surface area contributed by atoms with E-state index in [0.29, 0.717) is 0 Å². The van der Waals surface area contributed by atoms with E-state index in [9.17, 15) is 0 Å². The molecule has 0 saturated heterocycles. The third-order valence-corrected chi connectivity index (χ3v) is 4.46. The van der Waals surface area contributed by atoms with E-state index in [0.717, 1.165) is 20.8 Å². The zero-order chi connectivity index (χ0) is 11.4. The third kappa shape index (κ3) is 3.00. The number of benzene rings is 1. The standard InChI is InChI=1S/C12H9BrClNS/c13-10-7-15-6-5-12(10)16-8-9-3-1-2-4-11(9)14/h1-7H,8H2. The molecule has 0 aliphatic carbocycles. The van der Waals surface area contributed by atoms with Gasteiger partial charge in [0.15, 0.2) is 0 Å². The number of nitrogens with zero attached hydrogens (tertiary/aromatic N) is 1. The molecule has 1 aromatic carbocycles. The highest BCUT2D eigenvalue weighted by atomic mass is 79.9. The van der Waals surface area contributed by atoms with Crippen molar-refractivity contribution in [1.29, 1.82) is 0 Å². The predicted octanol–water partition coefficient (Wildman–Crippen LogP) is 4.79. The van der Waals surface area contributed by atoms with Gasteiger partial charge in [0.05, 0.1) is 0 Å². The van der Waals surface area contributed by atoms with Crippen molar-refractivity contribution >= 4 is 39.3 Å². The van der Waals surface area contributed by atoms with E-state index in [1.807, 2.05) is 30.3 Å². The molecule has 1 nitrogen and oxygen atoms in total. The van der Waals surface area contributed by atoms with Gasteiger partial charge in [0.2, 0.25) is 0 Å². The Morgan fingerprint density at radius 1 is 1.25 bits per heavy atom. The highest BCUT2D eigenvalue weighted by Crippen LogP contribution is 2.30. The fraction of sp³-hybridized carbons (Fsp3) is 0.0833. The van der Waals surface area contributed by atoms with E-state index in [2.05, 4.69) is 20.9 Å². The molecular weight excluding hydrogens is 306 g/mol. The minimum atomic E-state index is 0.820. The highest BCUT2D eigenvalue weighted by Gasteiger charge is 2.03. The van der Waals surface area contributed by atoms with Gasteiger partial charge in [0.25, 0.3) is 0 Å². The molecular formula is C12H9BrClNS. The molecule has 0 aliphatic rings. The minimum absolute atomic E-state index is 0.820. The lowest BCUT2D eigenvalue weighted by Crippen LogP contribution is -1.83. The van der Waals surface area contributed by atoms with Crippen molar-refractivity contribution in [3.8, 4) is 0 Å². The number of hydrogen-bond donors (Lipinski definition) is 0. The molecule has 0 radical (unpaired) electrons. The lowest BCUT2D eigenvalue weighted by atomic mass is 10.2. The van der Waals surface area contributed by atoms with E-state index in [-0.39, 0.29) is 0 Å². The molecule has 0 spiro atoms. The van der Waals surface area contributed by atoms with Crippen molar-refractivity contribution in [3.05, 3.63) is 57.8 Å². The van der Waals surface area contributed by atoms with Gasteiger partial charge in [-0.15, -0.1) is 11.8 Å². The van der Waals surface area contributed by atoms with Crippen LogP contribution in [0.3, 0.4) is 0 Å². The Hall–Kier alpha value is -0.510. The lowest BCUT2D eigenvalue weighted by molar-refractivity contribution is 1.23. The van der Waals surface area contributed by atoms with Crippen LogP contribution in [0.4, 0.5) is 0 Å². The molecule has 1 aromatic heterocycles. The molecule has 0 fully saturated rings. The van der Waals surface area contributed by atoms with Gasteiger partial charge in [0, 0.05) is 32.5 Å². The number of rotatable bonds is 3. The summed E-state index contributed by atoms with van der Waals surface area (Å²) in [4.78, 5) is 5.21. The van der Waals surface area contributed by atoms with Crippen molar-refractivity contribution < 1.29 is 0 Å². The predicted molar refractivity (Wildman–Crippen MR) is 73.0 cm³/mol. The summed E-state index contributed by atoms with van der Waals surface area (Å²) in [7, 11) is 0. The normalized spacial score (nSPS) is 10.4. The fourth-order valence-corrected chi connectivity index (χ4v) is 3.04. The van der Waals surface area contributed by atoms with Gasteiger partial charge in [-0.3, -0.25) is 4.98 Å². The maximum absolute atomic E-state index is 6.09. The Bertz CT molecular complexity index is 444. The van der Waals surface area contributed by atoms with E-state index in [1.165, 1.54) is 4.90 Å². The highest BCUT2D eigenvalue weighted by molar-refractivity contribution is 9.10. The van der Waals surface area contributed by atoms with Crippen molar-refractivity contribution in [2.45, 2.75) is 10.6 Å². The molecule has 0 unspecified atom stereocenters. The van der Waals surface area contributed by atoms with Crippen LogP contribution in [0.1, 0.15) is 5.56 Å². The molecule has 0 saturated carbocycles. The van der Waals surface area contributed by atoms with Gasteiger partial charge in [-0.05, 0) is 33.6 Å². The van der Waals surface area contributed by atoms with Crippen LogP contribution >= 0.6 is 39.3 Å². The summed E-state index contributed by atoms with van der Waals surface area (Å²) >= 11 is 11.3. The first-order valence-electron chi connectivity index (χ1n) is 4.73. The number of halogens is 2. The SMILES string of the molecule is Clc1ccccc1CSc1ccncc1Br. The van der Waals surface area contributed by atoms with Gasteiger partial charge in [-0.2, -0.15) is 0 Å². The van der Waals surface area contributed by atoms with Crippen molar-refractivity contribution in [2.24, 2.45) is 0 Å². The Balaban J connectivity index is 2.09. The van der Waals surface area contributed by atoms with Gasteiger partial charge in [-0.1, -0.05) is 29.8 Å². The smallest absolute Gasteiger partial charge is 0.0494 e. The van der Waals surface area contributed by atoms with Crippen molar-refractivity contribution in [2.75, 3.05) is 0 Å². The molecule has 0 N–H and O–H groups in total. The van der Waals surface area contributed by atoms with Gasteiger partial charge >= 0.3 is 0 Å². The van der Waals surface area contributed by atoms with Crippen LogP contribution in [-0.4, -0.2) is 4.98 Å². The van der Waals surface area contributed by atoms with Gasteiger partial charge in [0.1, 0.15) is 0 Å². The number of aromatic nitrogens is 1. The first-order valence-corrected chi connectivity index (χ1v) is 6.89. The summed E-state index contributed by atoms with van der Waals surface area (Å²) in [5.74, 6) is 0.863. The molecule has 0 bridgehead atoms. The topological polar surface area (TPSA) is 12.9 Å². The summed E-state index contributed by atoms with van der Waals surface area (Å²) < 4.78 is 1.02. The van der Waals surface area contributed by atoms with Crippen molar-refractivity contribution in [1.82, 2.24) is 4.98 Å². The van der Waals surface area contributed by atoms with E-state index in [4.69, 9.17) is 11.6 Å². The van der Waals surface area contributed by atoms with Crippen LogP contribution in [0.25, 0.3) is 0 Å². The van der Waals surface area contributed by atoms with Crippen molar-refractivity contribution in [3.63, 3.8) is 0 Å². The molecule has 82 valence electrons. The second kappa shape index (κ2) is 5.71. The minimum Gasteiger partial charge on any atom is -0.263 e. The number of pyridine rings is 1. The Morgan fingerprint density at radius 2 is 2.06 bits per heavy atom. The van der Waals surface area contributed by atoms with Crippen LogP contribution in [0.2, 0.25) is 5.02 Å². The third-order valence-electron chi connectivity index (χ3n) is 2.08. The fourth-order valence-electron chi connectivity index (χ4n) is 1.25. The molecule has 0 amide bonds. The molecule has 0 atom stereocenters. The molecule has 1 heterocycles. The molecule has 2 aromatic rings. The van der Waals surface area contributed by atoms with E-state index in [1.54, 1.807) is 24.2 Å². The summed E-state index contributed by atoms with van der Waals surface area (Å²) in [5.41, 5.74) is 1.15. The van der Waals surface area contributed by atoms with Crippen LogP contribution in [0.5, 0.6) is 0 Å². The van der Waals surface area contributed by atoms with Crippen LogP contribution in [0, 0.1) is 0 Å². The Morgan fingerprint density at radius 3 is 2.81 bits per heavy atom. The van der Waals surface area contributed by atoms with Gasteiger partial charge in [-0.25, -0.2) is 0 Å². The second-order valence-electron chi connectivity index (χ2n) is 3.19. The van der Waals surface area contributed by atoms with Crippen LogP contribution < -0.4 is 0 Å². The first-order chi connectivity index (χ1) is 7.77. The molecule has 0 aliphatic heterocycles. The lowest BCUT2D eigenvalue weighted by Gasteiger charge is -2.05. The number of hydrogen-bond acceptors (Lipinski definition) is 2. The molecule has 2 rings (SSSR count). The summed E-state index contributed by atoms with van der Waals surface area (Å²) in [6.07, 6.45) is 3.59. The molecule has 4 heteroatoms. The number of thioether (sulfide) groups is 1. The van der Waals surface area contributed by atoms with E-state index < -0.39 is 0 Å². The van der Waals surface area contributed by atoms with Gasteiger partial charge < -0.3 is 0 Å². The maximum atomic E-state index is 6.09. The quantitative estimate of drug-likeness (QED) is 0.756. The Kier molecular flexibility index (Phi) is 4.27. The molecule has 16 heavy (non-hydrogen) atoms. The largest absolute Gasteiger partial charge is 0.263 e. The maximum Gasteiger partial charge on any atom is 0.0494 e. The average molecular weight is 315 g/mol. The Labute approximate surface area is 112 Å². The monoisotopic (exact) mass is 313 g/mol. The average Bonchev–Trinajstić information content (AvgIpc) is 2.30. The van der Waals surface area contributed by atoms with E-state index >= 15 is 0 Å². The van der Waals surface area contributed by atoms with Crippen LogP contribution in [-0.2, 0) is 5.75 Å². The summed E-state index contributed by atoms with van der Waals surface area (Å²) in [6, 6.07) is 9.90. The second-order valence-corrected chi connectivity index (χ2v) is 5.46. The summed E-state index contributed by atoms with van der Waals surface area (Å²) in [5, 5.41) is 0.820. The summed E-state index contributed by atoms with van der Waals surface area (Å²) in [6.45, 7) is 0. The van der Waals surface area contributed by atoms with Crippen LogP contribution in [0.15, 0.2) is 52.1 Å². The zero-order valence-electron chi connectivity index (χ0n) is 8.36.